The summed E-state index contributed by atoms with van der Waals surface area (Å²) in [5.74, 6) is 0.272. The summed E-state index contributed by atoms with van der Waals surface area (Å²) < 4.78 is 1.48. The van der Waals surface area contributed by atoms with Crippen LogP contribution in [0, 0.1) is 13.8 Å². The van der Waals surface area contributed by atoms with E-state index in [0.29, 0.717) is 29.2 Å². The number of aromatic nitrogens is 4. The maximum Gasteiger partial charge on any atom is 0.255 e. The minimum atomic E-state index is -0.304. The number of carbonyl (C=O) groups is 1. The largest absolute Gasteiger partial charge is 0.310 e. The third-order valence-electron chi connectivity index (χ3n) is 5.24. The smallest absolute Gasteiger partial charge is 0.255 e. The topological polar surface area (TPSA) is 92.7 Å². The summed E-state index contributed by atoms with van der Waals surface area (Å²) in [5, 5.41) is 9.59. The van der Waals surface area contributed by atoms with Gasteiger partial charge in [-0.25, -0.2) is 4.98 Å². The van der Waals surface area contributed by atoms with E-state index in [0.717, 1.165) is 10.4 Å². The number of nitrogens with one attached hydrogen (secondary N) is 2. The zero-order chi connectivity index (χ0) is 22.0. The number of thiophene rings is 1. The van der Waals surface area contributed by atoms with Gasteiger partial charge in [0.05, 0.1) is 10.8 Å². The summed E-state index contributed by atoms with van der Waals surface area (Å²) in [5.41, 5.74) is 2.57. The Hall–Kier alpha value is -3.52. The molecule has 0 aliphatic rings. The molecule has 0 fully saturated rings. The Balaban J connectivity index is 1.76. The highest BCUT2D eigenvalue weighted by atomic mass is 32.1. The molecule has 158 valence electrons. The molecule has 0 aliphatic heterocycles. The molecule has 8 heteroatoms. The van der Waals surface area contributed by atoms with Gasteiger partial charge >= 0.3 is 0 Å². The first kappa shape index (κ1) is 20.7. The Morgan fingerprint density at radius 2 is 1.97 bits per heavy atom. The number of carbonyl (C=O) groups excluding carboxylic acids is 1. The fourth-order valence-electron chi connectivity index (χ4n) is 3.38. The van der Waals surface area contributed by atoms with Crippen LogP contribution in [0.15, 0.2) is 58.7 Å². The number of aryl methyl sites for hydroxylation is 1. The average molecular weight is 434 g/mol. The summed E-state index contributed by atoms with van der Waals surface area (Å²) in [6.07, 6.45) is 0.653. The summed E-state index contributed by atoms with van der Waals surface area (Å²) in [7, 11) is 0. The van der Waals surface area contributed by atoms with Gasteiger partial charge in [-0.15, -0.1) is 11.3 Å². The van der Waals surface area contributed by atoms with E-state index >= 15 is 0 Å². The van der Waals surface area contributed by atoms with E-state index in [2.05, 4.69) is 20.4 Å². The molecule has 0 unspecified atom stereocenters. The van der Waals surface area contributed by atoms with Crippen LogP contribution in [0.4, 0.5) is 5.82 Å². The predicted octanol–water partition coefficient (Wildman–Crippen LogP) is 4.43. The van der Waals surface area contributed by atoms with Crippen LogP contribution in [-0.4, -0.2) is 25.7 Å². The van der Waals surface area contributed by atoms with Gasteiger partial charge in [0.25, 0.3) is 5.56 Å². The summed E-state index contributed by atoms with van der Waals surface area (Å²) >= 11 is 1.55. The fourth-order valence-corrected chi connectivity index (χ4v) is 4.06. The van der Waals surface area contributed by atoms with Crippen LogP contribution in [0.25, 0.3) is 16.5 Å². The van der Waals surface area contributed by atoms with Crippen LogP contribution in [0.1, 0.15) is 36.1 Å². The second-order valence-electron chi connectivity index (χ2n) is 7.26. The first-order valence-corrected chi connectivity index (χ1v) is 10.9. The Kier molecular flexibility index (Phi) is 5.81. The third-order valence-corrected chi connectivity index (χ3v) is 6.14. The molecule has 2 N–H and O–H groups in total. The average Bonchev–Trinajstić information content (AvgIpc) is 3.43. The number of hydrogen-bond acceptors (Lipinski definition) is 5. The highest BCUT2D eigenvalue weighted by Gasteiger charge is 2.22. The lowest BCUT2D eigenvalue weighted by atomic mass is 9.96. The Morgan fingerprint density at radius 3 is 2.61 bits per heavy atom. The summed E-state index contributed by atoms with van der Waals surface area (Å²) in [6.45, 7) is 5.48. The van der Waals surface area contributed by atoms with E-state index in [1.807, 2.05) is 54.8 Å². The molecule has 0 radical (unpaired) electrons. The van der Waals surface area contributed by atoms with E-state index < -0.39 is 0 Å². The van der Waals surface area contributed by atoms with Crippen LogP contribution in [0.5, 0.6) is 0 Å². The first-order valence-electron chi connectivity index (χ1n) is 10.1. The van der Waals surface area contributed by atoms with Gasteiger partial charge in [-0.2, -0.15) is 9.78 Å². The molecule has 1 aromatic carbocycles. The van der Waals surface area contributed by atoms with Gasteiger partial charge in [0.1, 0.15) is 11.5 Å². The van der Waals surface area contributed by atoms with Crippen molar-refractivity contribution in [3.63, 3.8) is 0 Å². The number of benzene rings is 1. The summed E-state index contributed by atoms with van der Waals surface area (Å²) in [6, 6.07) is 15.4. The zero-order valence-corrected chi connectivity index (χ0v) is 18.4. The molecule has 0 saturated heterocycles. The molecule has 1 amide bonds. The number of hydrogen-bond donors (Lipinski definition) is 2. The van der Waals surface area contributed by atoms with Gasteiger partial charge in [-0.05, 0) is 37.3 Å². The standard InChI is InChI=1S/C23H23N5O2S/c1-4-17(16-9-6-5-7-10-16)22(30)25-20-13-18(19-11-8-12-31-19)27-28(20)23-24-15(3)14(2)21(29)26-23/h5-13,17H,4H2,1-3H3,(H,25,30)(H,24,26,29)/t17-/m1/s1. The van der Waals surface area contributed by atoms with Crippen molar-refractivity contribution in [2.75, 3.05) is 5.32 Å². The molecule has 0 saturated carbocycles. The molecular weight excluding hydrogens is 410 g/mol. The van der Waals surface area contributed by atoms with Gasteiger partial charge < -0.3 is 5.32 Å². The molecule has 3 aromatic heterocycles. The maximum absolute atomic E-state index is 13.2. The number of aromatic amines is 1. The lowest BCUT2D eigenvalue weighted by Gasteiger charge is -2.16. The maximum atomic E-state index is 13.2. The molecule has 0 aliphatic carbocycles. The monoisotopic (exact) mass is 433 g/mol. The number of amides is 1. The van der Waals surface area contributed by atoms with Crippen molar-refractivity contribution in [1.29, 1.82) is 0 Å². The van der Waals surface area contributed by atoms with Crippen molar-refractivity contribution < 1.29 is 4.79 Å². The van der Waals surface area contributed by atoms with Crippen LogP contribution >= 0.6 is 11.3 Å². The molecular formula is C23H23N5O2S. The van der Waals surface area contributed by atoms with Crippen molar-refractivity contribution in [3.05, 3.63) is 81.1 Å². The minimum absolute atomic E-state index is 0.140. The van der Waals surface area contributed by atoms with Crippen LogP contribution in [0.3, 0.4) is 0 Å². The molecule has 4 aromatic rings. The second kappa shape index (κ2) is 8.69. The van der Waals surface area contributed by atoms with Crippen molar-refractivity contribution in [2.45, 2.75) is 33.1 Å². The first-order chi connectivity index (χ1) is 15.0. The van der Waals surface area contributed by atoms with Gasteiger partial charge in [0.15, 0.2) is 0 Å². The highest BCUT2D eigenvalue weighted by Crippen LogP contribution is 2.28. The van der Waals surface area contributed by atoms with Gasteiger partial charge in [0, 0.05) is 17.3 Å². The minimum Gasteiger partial charge on any atom is -0.310 e. The fraction of sp³-hybridized carbons (Fsp3) is 0.217. The highest BCUT2D eigenvalue weighted by molar-refractivity contribution is 7.13. The SMILES string of the molecule is CC[C@@H](C(=O)Nc1cc(-c2cccs2)nn1-c1nc(C)c(C)c(=O)[nH]1)c1ccccc1. The van der Waals surface area contributed by atoms with Crippen molar-refractivity contribution >= 4 is 23.1 Å². The number of nitrogens with zero attached hydrogens (tertiary/aromatic N) is 3. The van der Waals surface area contributed by atoms with Crippen LogP contribution in [0.2, 0.25) is 0 Å². The van der Waals surface area contributed by atoms with Crippen LogP contribution < -0.4 is 10.9 Å². The number of anilines is 1. The molecule has 3 heterocycles. The molecule has 0 bridgehead atoms. The van der Waals surface area contributed by atoms with E-state index in [-0.39, 0.29) is 23.3 Å². The predicted molar refractivity (Wildman–Crippen MR) is 123 cm³/mol. The quantitative estimate of drug-likeness (QED) is 0.470. The third kappa shape index (κ3) is 4.20. The van der Waals surface area contributed by atoms with E-state index in [1.54, 1.807) is 31.3 Å². The van der Waals surface area contributed by atoms with E-state index in [1.165, 1.54) is 4.68 Å². The lowest BCUT2D eigenvalue weighted by molar-refractivity contribution is -0.117. The van der Waals surface area contributed by atoms with Crippen LogP contribution in [-0.2, 0) is 4.79 Å². The zero-order valence-electron chi connectivity index (χ0n) is 17.5. The molecule has 1 atom stereocenters. The Labute approximate surface area is 183 Å². The number of rotatable bonds is 6. The van der Waals surface area contributed by atoms with Crippen molar-refractivity contribution in [1.82, 2.24) is 19.7 Å². The normalized spacial score (nSPS) is 12.0. The Morgan fingerprint density at radius 1 is 1.19 bits per heavy atom. The molecule has 31 heavy (non-hydrogen) atoms. The second-order valence-corrected chi connectivity index (χ2v) is 8.21. The summed E-state index contributed by atoms with van der Waals surface area (Å²) in [4.78, 5) is 33.7. The lowest BCUT2D eigenvalue weighted by Crippen LogP contribution is -2.24. The Bertz CT molecular complexity index is 1260. The number of H-pyrrole nitrogens is 1. The molecule has 4 rings (SSSR count). The van der Waals surface area contributed by atoms with E-state index in [4.69, 9.17) is 0 Å². The van der Waals surface area contributed by atoms with Crippen molar-refractivity contribution in [2.24, 2.45) is 0 Å². The van der Waals surface area contributed by atoms with Gasteiger partial charge in [-0.3, -0.25) is 14.6 Å². The molecule has 0 spiro atoms. The van der Waals surface area contributed by atoms with Crippen molar-refractivity contribution in [3.8, 4) is 16.5 Å². The van der Waals surface area contributed by atoms with Gasteiger partial charge in [0.2, 0.25) is 11.9 Å². The van der Waals surface area contributed by atoms with Gasteiger partial charge in [-0.1, -0.05) is 43.3 Å². The molecule has 7 nitrogen and oxygen atoms in total. The van der Waals surface area contributed by atoms with E-state index in [9.17, 15) is 9.59 Å².